The van der Waals surface area contributed by atoms with Crippen LogP contribution in [-0.4, -0.2) is 60.0 Å². The molecule has 5 rings (SSSR count). The molecule has 0 aliphatic carbocycles. The van der Waals surface area contributed by atoms with Crippen LogP contribution < -0.4 is 4.90 Å². The second kappa shape index (κ2) is 13.4. The summed E-state index contributed by atoms with van der Waals surface area (Å²) in [5, 5.41) is 0. The molecule has 1 aliphatic heterocycles. The Hall–Kier alpha value is -3.94. The van der Waals surface area contributed by atoms with E-state index in [4.69, 9.17) is 0 Å². The summed E-state index contributed by atoms with van der Waals surface area (Å²) in [7, 11) is 0. The number of carbonyl (C=O) groups is 1. The Morgan fingerprint density at radius 2 is 1.32 bits per heavy atom. The fraction of sp³-hybridized carbons (Fsp3) is 0.273. The number of pyridine rings is 1. The van der Waals surface area contributed by atoms with E-state index in [0.717, 1.165) is 62.4 Å². The highest BCUT2D eigenvalue weighted by atomic mass is 19.1. The van der Waals surface area contributed by atoms with E-state index < -0.39 is 0 Å². The van der Waals surface area contributed by atoms with Gasteiger partial charge in [0.25, 0.3) is 0 Å². The lowest BCUT2D eigenvalue weighted by molar-refractivity contribution is -0.119. The maximum absolute atomic E-state index is 13.5. The van der Waals surface area contributed by atoms with Gasteiger partial charge in [-0.05, 0) is 79.0 Å². The third kappa shape index (κ3) is 7.17. The molecule has 1 aromatic heterocycles. The molecule has 0 spiro atoms. The van der Waals surface area contributed by atoms with Crippen LogP contribution in [0.25, 0.3) is 0 Å². The Balaban J connectivity index is 1.15. The van der Waals surface area contributed by atoms with Crippen LogP contribution in [0.1, 0.15) is 29.9 Å². The van der Waals surface area contributed by atoms with E-state index in [0.29, 0.717) is 12.4 Å². The van der Waals surface area contributed by atoms with Gasteiger partial charge < -0.3 is 4.90 Å². The van der Waals surface area contributed by atoms with E-state index in [1.807, 2.05) is 72.8 Å². The second-order valence-corrected chi connectivity index (χ2v) is 10.2. The zero-order valence-electron chi connectivity index (χ0n) is 22.5. The molecule has 0 saturated carbocycles. The monoisotopic (exact) mass is 540 g/mol. The molecular formula is C33H34F2N4O. The topological polar surface area (TPSA) is 39.7 Å². The number of nitrogens with zero attached hydrogens (tertiary/aromatic N) is 4. The molecule has 40 heavy (non-hydrogen) atoms. The van der Waals surface area contributed by atoms with Gasteiger partial charge in [0.05, 0.1) is 12.2 Å². The number of carbonyl (C=O) groups excluding carboxylic acids is 1. The number of benzene rings is 3. The van der Waals surface area contributed by atoms with Crippen molar-refractivity contribution in [3.8, 4) is 0 Å². The minimum Gasteiger partial charge on any atom is -0.301 e. The van der Waals surface area contributed by atoms with Crippen molar-refractivity contribution in [2.24, 2.45) is 0 Å². The molecule has 0 radical (unpaired) electrons. The summed E-state index contributed by atoms with van der Waals surface area (Å²) in [6.45, 7) is 4.67. The molecule has 7 heteroatoms. The summed E-state index contributed by atoms with van der Waals surface area (Å²) >= 11 is 0. The fourth-order valence-corrected chi connectivity index (χ4v) is 5.34. The third-order valence-electron chi connectivity index (χ3n) is 7.48. The number of amides is 1. The molecule has 2 heterocycles. The Bertz CT molecular complexity index is 1260. The molecule has 1 saturated heterocycles. The van der Waals surface area contributed by atoms with E-state index in [-0.39, 0.29) is 23.5 Å². The van der Waals surface area contributed by atoms with Gasteiger partial charge in [0.1, 0.15) is 17.5 Å². The van der Waals surface area contributed by atoms with Crippen molar-refractivity contribution in [1.82, 2.24) is 14.8 Å². The molecule has 4 aromatic rings. The van der Waals surface area contributed by atoms with Crippen LogP contribution in [0.3, 0.4) is 0 Å². The summed E-state index contributed by atoms with van der Waals surface area (Å²) in [5.74, 6) is 0.180. The predicted molar refractivity (Wildman–Crippen MR) is 155 cm³/mol. The van der Waals surface area contributed by atoms with Crippen LogP contribution in [-0.2, 0) is 4.79 Å². The summed E-state index contributed by atoms with van der Waals surface area (Å²) in [6.07, 6.45) is 3.54. The van der Waals surface area contributed by atoms with E-state index in [9.17, 15) is 13.6 Å². The van der Waals surface area contributed by atoms with Crippen LogP contribution in [0.15, 0.2) is 103 Å². The molecule has 1 fully saturated rings. The van der Waals surface area contributed by atoms with Gasteiger partial charge in [-0.15, -0.1) is 0 Å². The van der Waals surface area contributed by atoms with Crippen molar-refractivity contribution in [2.75, 3.05) is 44.2 Å². The molecule has 0 atom stereocenters. The smallest absolute Gasteiger partial charge is 0.246 e. The van der Waals surface area contributed by atoms with Crippen molar-refractivity contribution in [3.63, 3.8) is 0 Å². The van der Waals surface area contributed by atoms with E-state index in [2.05, 4.69) is 14.8 Å². The maximum Gasteiger partial charge on any atom is 0.246 e. The van der Waals surface area contributed by atoms with Crippen LogP contribution >= 0.6 is 0 Å². The summed E-state index contributed by atoms with van der Waals surface area (Å²) < 4.78 is 27.1. The normalized spacial score (nSPS) is 14.4. The molecule has 0 bridgehead atoms. The lowest BCUT2D eigenvalue weighted by Crippen LogP contribution is -2.49. The van der Waals surface area contributed by atoms with Gasteiger partial charge in [0.2, 0.25) is 5.91 Å². The number of anilines is 2. The number of piperazine rings is 1. The van der Waals surface area contributed by atoms with Gasteiger partial charge in [-0.3, -0.25) is 14.6 Å². The standard InChI is InChI=1S/C33H34F2N4O/c34-28-15-11-26(12-16-28)31(27-13-17-29(35)18-14-27)9-6-20-37-21-23-38(24-22-37)25-33(40)39(30-7-2-1-3-8-30)32-10-4-5-19-36-32/h1-5,7-8,10-19,31H,6,9,20-25H2. The number of halogens is 2. The highest BCUT2D eigenvalue weighted by Crippen LogP contribution is 2.30. The van der Waals surface area contributed by atoms with E-state index in [1.165, 1.54) is 24.3 Å². The lowest BCUT2D eigenvalue weighted by atomic mass is 9.87. The first-order valence-electron chi connectivity index (χ1n) is 13.8. The minimum absolute atomic E-state index is 0.000197. The van der Waals surface area contributed by atoms with Crippen molar-refractivity contribution >= 4 is 17.4 Å². The van der Waals surface area contributed by atoms with Crippen LogP contribution in [0.2, 0.25) is 0 Å². The van der Waals surface area contributed by atoms with Crippen molar-refractivity contribution < 1.29 is 13.6 Å². The number of hydrogen-bond donors (Lipinski definition) is 0. The molecule has 1 amide bonds. The first-order chi connectivity index (χ1) is 19.6. The zero-order valence-corrected chi connectivity index (χ0v) is 22.5. The number of para-hydroxylation sites is 1. The van der Waals surface area contributed by atoms with Crippen molar-refractivity contribution in [3.05, 3.63) is 126 Å². The SMILES string of the molecule is O=C(CN1CCN(CCCC(c2ccc(F)cc2)c2ccc(F)cc2)CC1)N(c1ccccc1)c1ccccn1. The van der Waals surface area contributed by atoms with Crippen LogP contribution in [0.5, 0.6) is 0 Å². The van der Waals surface area contributed by atoms with Crippen LogP contribution in [0.4, 0.5) is 20.3 Å². The quantitative estimate of drug-likeness (QED) is 0.238. The average molecular weight is 541 g/mol. The van der Waals surface area contributed by atoms with Gasteiger partial charge in [-0.1, -0.05) is 48.5 Å². The van der Waals surface area contributed by atoms with Crippen LogP contribution in [0, 0.1) is 11.6 Å². The molecular weight excluding hydrogens is 506 g/mol. The molecule has 0 N–H and O–H groups in total. The summed E-state index contributed by atoms with van der Waals surface area (Å²) in [5.41, 5.74) is 2.88. The highest BCUT2D eigenvalue weighted by molar-refractivity contribution is 6.00. The molecule has 0 unspecified atom stereocenters. The summed E-state index contributed by atoms with van der Waals surface area (Å²) in [4.78, 5) is 24.2. The third-order valence-corrected chi connectivity index (χ3v) is 7.48. The Kier molecular flexibility index (Phi) is 9.26. The Labute approximate surface area is 234 Å². The zero-order chi connectivity index (χ0) is 27.7. The fourth-order valence-electron chi connectivity index (χ4n) is 5.34. The average Bonchev–Trinajstić information content (AvgIpc) is 2.99. The first-order valence-corrected chi connectivity index (χ1v) is 13.8. The van der Waals surface area contributed by atoms with Crippen molar-refractivity contribution in [2.45, 2.75) is 18.8 Å². The van der Waals surface area contributed by atoms with Gasteiger partial charge in [-0.2, -0.15) is 0 Å². The Morgan fingerprint density at radius 3 is 1.90 bits per heavy atom. The number of aromatic nitrogens is 1. The van der Waals surface area contributed by atoms with Crippen molar-refractivity contribution in [1.29, 1.82) is 0 Å². The number of rotatable bonds is 10. The van der Waals surface area contributed by atoms with Gasteiger partial charge in [0, 0.05) is 38.3 Å². The van der Waals surface area contributed by atoms with E-state index in [1.54, 1.807) is 11.1 Å². The predicted octanol–water partition coefficient (Wildman–Crippen LogP) is 6.25. The summed E-state index contributed by atoms with van der Waals surface area (Å²) in [6, 6.07) is 28.5. The highest BCUT2D eigenvalue weighted by Gasteiger charge is 2.24. The minimum atomic E-state index is -0.259. The van der Waals surface area contributed by atoms with Gasteiger partial charge in [0.15, 0.2) is 0 Å². The molecule has 3 aromatic carbocycles. The van der Waals surface area contributed by atoms with E-state index >= 15 is 0 Å². The second-order valence-electron chi connectivity index (χ2n) is 10.2. The molecule has 5 nitrogen and oxygen atoms in total. The van der Waals surface area contributed by atoms with Gasteiger partial charge in [-0.25, -0.2) is 13.8 Å². The first kappa shape index (κ1) is 27.6. The largest absolute Gasteiger partial charge is 0.301 e. The number of hydrogen-bond acceptors (Lipinski definition) is 4. The molecule has 206 valence electrons. The Morgan fingerprint density at radius 1 is 0.750 bits per heavy atom. The van der Waals surface area contributed by atoms with Gasteiger partial charge >= 0.3 is 0 Å². The maximum atomic E-state index is 13.5. The molecule has 1 aliphatic rings. The lowest BCUT2D eigenvalue weighted by Gasteiger charge is -2.35.